The number of imidazole rings is 1. The minimum Gasteiger partial charge on any atom is -0.507 e. The maximum Gasteiger partial charge on any atom is 0.295 e. The number of ketones is 1. The van der Waals surface area contributed by atoms with Crippen molar-refractivity contribution in [2.75, 3.05) is 19.8 Å². The van der Waals surface area contributed by atoms with Crippen molar-refractivity contribution in [3.63, 3.8) is 0 Å². The summed E-state index contributed by atoms with van der Waals surface area (Å²) in [4.78, 5) is 32.4. The van der Waals surface area contributed by atoms with Crippen molar-refractivity contribution in [1.29, 1.82) is 0 Å². The summed E-state index contributed by atoms with van der Waals surface area (Å²) in [6.45, 7) is 1.92. The van der Waals surface area contributed by atoms with Crippen LogP contribution in [0.3, 0.4) is 0 Å². The van der Waals surface area contributed by atoms with Crippen molar-refractivity contribution in [1.82, 2.24) is 14.5 Å². The summed E-state index contributed by atoms with van der Waals surface area (Å²) in [5.74, 6) is -0.410. The zero-order valence-corrected chi connectivity index (χ0v) is 18.0. The van der Waals surface area contributed by atoms with Crippen LogP contribution in [-0.4, -0.2) is 51.0 Å². The van der Waals surface area contributed by atoms with Crippen LogP contribution in [0.5, 0.6) is 11.5 Å². The fourth-order valence-corrected chi connectivity index (χ4v) is 4.89. The first-order valence-electron chi connectivity index (χ1n) is 10.3. The molecule has 8 nitrogen and oxygen atoms in total. The SMILES string of the molecule is O=C1C(=O)N(CCCn2ccnc2)C(c2cccs2)/C1=C(/O)c1ccc2c(c1)OCCO2. The maximum atomic E-state index is 13.0. The largest absolute Gasteiger partial charge is 0.507 e. The number of aryl methyl sites for hydroxylation is 1. The number of rotatable bonds is 6. The van der Waals surface area contributed by atoms with E-state index < -0.39 is 17.7 Å². The number of nitrogens with zero attached hydrogens (tertiary/aromatic N) is 3. The third kappa shape index (κ3) is 3.64. The van der Waals surface area contributed by atoms with Crippen molar-refractivity contribution in [3.8, 4) is 11.5 Å². The molecule has 1 atom stereocenters. The average molecular weight is 452 g/mol. The number of fused-ring (bicyclic) bond motifs is 1. The predicted octanol–water partition coefficient (Wildman–Crippen LogP) is 3.23. The van der Waals surface area contributed by atoms with Gasteiger partial charge in [0.2, 0.25) is 0 Å². The predicted molar refractivity (Wildman–Crippen MR) is 118 cm³/mol. The second-order valence-electron chi connectivity index (χ2n) is 7.52. The van der Waals surface area contributed by atoms with Gasteiger partial charge < -0.3 is 24.0 Å². The number of aliphatic hydroxyl groups is 1. The summed E-state index contributed by atoms with van der Waals surface area (Å²) < 4.78 is 13.1. The molecule has 5 rings (SSSR count). The van der Waals surface area contributed by atoms with Crippen LogP contribution >= 0.6 is 11.3 Å². The Morgan fingerprint density at radius 1 is 1.16 bits per heavy atom. The summed E-state index contributed by atoms with van der Waals surface area (Å²) in [6.07, 6.45) is 5.92. The number of ether oxygens (including phenoxy) is 2. The van der Waals surface area contributed by atoms with Crippen LogP contribution in [0.1, 0.15) is 22.9 Å². The molecule has 2 aromatic heterocycles. The van der Waals surface area contributed by atoms with Crippen molar-refractivity contribution in [2.45, 2.75) is 19.0 Å². The van der Waals surface area contributed by atoms with Crippen molar-refractivity contribution < 1.29 is 24.2 Å². The zero-order chi connectivity index (χ0) is 22.1. The van der Waals surface area contributed by atoms with Gasteiger partial charge in [0.1, 0.15) is 19.0 Å². The molecule has 1 N–H and O–H groups in total. The number of benzene rings is 1. The van der Waals surface area contributed by atoms with Crippen LogP contribution in [0.25, 0.3) is 5.76 Å². The normalized spacial score (nSPS) is 19.5. The highest BCUT2D eigenvalue weighted by molar-refractivity contribution is 7.10. The Bertz CT molecular complexity index is 1170. The molecule has 1 amide bonds. The Kier molecular flexibility index (Phi) is 5.40. The molecule has 1 saturated heterocycles. The molecule has 1 fully saturated rings. The summed E-state index contributed by atoms with van der Waals surface area (Å²) in [7, 11) is 0. The monoisotopic (exact) mass is 451 g/mol. The van der Waals surface area contributed by atoms with Gasteiger partial charge in [0.15, 0.2) is 11.5 Å². The summed E-state index contributed by atoms with van der Waals surface area (Å²) in [6, 6.07) is 8.12. The topological polar surface area (TPSA) is 93.9 Å². The molecule has 4 heterocycles. The van der Waals surface area contributed by atoms with Crippen LogP contribution in [0.2, 0.25) is 0 Å². The minimum absolute atomic E-state index is 0.0942. The van der Waals surface area contributed by atoms with Gasteiger partial charge in [-0.1, -0.05) is 6.07 Å². The van der Waals surface area contributed by atoms with E-state index in [0.717, 1.165) is 4.88 Å². The lowest BCUT2D eigenvalue weighted by molar-refractivity contribution is -0.139. The van der Waals surface area contributed by atoms with Gasteiger partial charge in [-0.15, -0.1) is 11.3 Å². The lowest BCUT2D eigenvalue weighted by atomic mass is 9.99. The fourth-order valence-electron chi connectivity index (χ4n) is 4.04. The number of carbonyl (C=O) groups excluding carboxylic acids is 2. The van der Waals surface area contributed by atoms with Gasteiger partial charge in [0, 0.05) is 35.9 Å². The number of amides is 1. The molecule has 0 aliphatic carbocycles. The number of aromatic nitrogens is 2. The Balaban J connectivity index is 1.49. The lowest BCUT2D eigenvalue weighted by Gasteiger charge is -2.24. The van der Waals surface area contributed by atoms with Crippen molar-refractivity contribution >= 4 is 28.8 Å². The average Bonchev–Trinajstić information content (AvgIpc) is 3.57. The van der Waals surface area contributed by atoms with E-state index in [4.69, 9.17) is 9.47 Å². The highest BCUT2D eigenvalue weighted by Crippen LogP contribution is 2.42. The standard InChI is InChI=1S/C23H21N3O5S/c27-21(15-4-5-16-17(13-15)31-11-10-30-16)19-20(18-3-1-12-32-18)26(23(29)22(19)28)8-2-7-25-9-6-24-14-25/h1,3-6,9,12-14,20,27H,2,7-8,10-11H2/b21-19-. The number of thiophene rings is 1. The van der Waals surface area contributed by atoms with E-state index in [1.54, 1.807) is 35.6 Å². The first kappa shape index (κ1) is 20.3. The quantitative estimate of drug-likeness (QED) is 0.351. The molecule has 0 bridgehead atoms. The van der Waals surface area contributed by atoms with Crippen LogP contribution in [0, 0.1) is 0 Å². The highest BCUT2D eigenvalue weighted by Gasteiger charge is 2.46. The zero-order valence-electron chi connectivity index (χ0n) is 17.1. The molecule has 0 radical (unpaired) electrons. The van der Waals surface area contributed by atoms with E-state index in [9.17, 15) is 14.7 Å². The van der Waals surface area contributed by atoms with Gasteiger partial charge in [-0.05, 0) is 36.1 Å². The number of carbonyl (C=O) groups is 2. The van der Waals surface area contributed by atoms with E-state index in [1.807, 2.05) is 28.3 Å². The Morgan fingerprint density at radius 3 is 2.75 bits per heavy atom. The molecule has 9 heteroatoms. The number of Topliss-reactive ketones (excluding diaryl/α,β-unsaturated/α-hetero) is 1. The van der Waals surface area contributed by atoms with Crippen LogP contribution < -0.4 is 9.47 Å². The van der Waals surface area contributed by atoms with Gasteiger partial charge >= 0.3 is 0 Å². The summed E-state index contributed by atoms with van der Waals surface area (Å²) in [5.41, 5.74) is 0.504. The fraction of sp³-hybridized carbons (Fsp3) is 0.261. The minimum atomic E-state index is -0.682. The van der Waals surface area contributed by atoms with E-state index in [0.29, 0.717) is 49.8 Å². The Labute approximate surface area is 188 Å². The van der Waals surface area contributed by atoms with E-state index in [2.05, 4.69) is 4.98 Å². The molecule has 2 aliphatic rings. The maximum absolute atomic E-state index is 13.0. The Morgan fingerprint density at radius 2 is 2.00 bits per heavy atom. The van der Waals surface area contributed by atoms with Gasteiger partial charge in [-0.2, -0.15) is 0 Å². The second kappa shape index (κ2) is 8.51. The van der Waals surface area contributed by atoms with Gasteiger partial charge in [-0.3, -0.25) is 9.59 Å². The molecular weight excluding hydrogens is 430 g/mol. The number of hydrogen-bond acceptors (Lipinski definition) is 7. The van der Waals surface area contributed by atoms with Crippen LogP contribution in [0.4, 0.5) is 0 Å². The van der Waals surface area contributed by atoms with E-state index in [1.165, 1.54) is 11.3 Å². The third-order valence-electron chi connectivity index (χ3n) is 5.54. The van der Waals surface area contributed by atoms with Gasteiger partial charge in [0.05, 0.1) is 17.9 Å². The lowest BCUT2D eigenvalue weighted by Crippen LogP contribution is -2.31. The molecule has 0 saturated carbocycles. The molecule has 1 aromatic carbocycles. The molecule has 1 unspecified atom stereocenters. The van der Waals surface area contributed by atoms with Crippen molar-refractivity contribution in [2.24, 2.45) is 0 Å². The third-order valence-corrected chi connectivity index (χ3v) is 6.47. The Hall–Kier alpha value is -3.59. The van der Waals surface area contributed by atoms with E-state index in [-0.39, 0.29) is 11.3 Å². The summed E-state index contributed by atoms with van der Waals surface area (Å²) >= 11 is 1.45. The number of likely N-dealkylation sites (tertiary alicyclic amines) is 1. The summed E-state index contributed by atoms with van der Waals surface area (Å²) in [5, 5.41) is 13.0. The van der Waals surface area contributed by atoms with Crippen LogP contribution in [-0.2, 0) is 16.1 Å². The highest BCUT2D eigenvalue weighted by atomic mass is 32.1. The number of hydrogen-bond donors (Lipinski definition) is 1. The molecule has 3 aromatic rings. The first-order chi connectivity index (χ1) is 15.6. The molecular formula is C23H21N3O5S. The smallest absolute Gasteiger partial charge is 0.295 e. The van der Waals surface area contributed by atoms with E-state index >= 15 is 0 Å². The molecule has 0 spiro atoms. The van der Waals surface area contributed by atoms with Gasteiger partial charge in [-0.25, -0.2) is 4.98 Å². The molecule has 164 valence electrons. The number of aliphatic hydroxyl groups excluding tert-OH is 1. The van der Waals surface area contributed by atoms with Gasteiger partial charge in [0.25, 0.3) is 11.7 Å². The first-order valence-corrected chi connectivity index (χ1v) is 11.2. The van der Waals surface area contributed by atoms with Crippen LogP contribution in [0.15, 0.2) is 60.0 Å². The molecule has 2 aliphatic heterocycles. The molecule has 32 heavy (non-hydrogen) atoms. The second-order valence-corrected chi connectivity index (χ2v) is 8.50. The van der Waals surface area contributed by atoms with Crippen molar-refractivity contribution in [3.05, 3.63) is 70.4 Å².